The average Bonchev–Trinajstić information content (AvgIpc) is 2.90. The molecule has 19 heavy (non-hydrogen) atoms. The van der Waals surface area contributed by atoms with Crippen LogP contribution in [0.5, 0.6) is 0 Å². The molecule has 0 unspecified atom stereocenters. The second kappa shape index (κ2) is 6.01. The number of nitrogens with one attached hydrogen (secondary N) is 1. The summed E-state index contributed by atoms with van der Waals surface area (Å²) < 4.78 is 0. The van der Waals surface area contributed by atoms with Gasteiger partial charge in [0.25, 0.3) is 5.91 Å². The Hall–Kier alpha value is -1.63. The number of halogens is 1. The summed E-state index contributed by atoms with van der Waals surface area (Å²) in [5.41, 5.74) is 6.06. The Morgan fingerprint density at radius 3 is 3.00 bits per heavy atom. The maximum Gasteiger partial charge on any atom is 0.256 e. The van der Waals surface area contributed by atoms with Crippen molar-refractivity contribution in [2.75, 3.05) is 12.5 Å². The van der Waals surface area contributed by atoms with Crippen LogP contribution < -0.4 is 11.3 Å². The summed E-state index contributed by atoms with van der Waals surface area (Å²) in [6, 6.07) is 4.94. The van der Waals surface area contributed by atoms with Crippen molar-refractivity contribution in [1.82, 2.24) is 9.88 Å². The first-order valence-corrected chi connectivity index (χ1v) is 6.82. The molecular weight excluding hydrogens is 284 g/mol. The lowest BCUT2D eigenvalue weighted by molar-refractivity contribution is 0.0784. The van der Waals surface area contributed by atoms with E-state index in [1.807, 2.05) is 5.38 Å². The number of hydrazine groups is 1. The van der Waals surface area contributed by atoms with Crippen LogP contribution in [0, 0.1) is 0 Å². The number of hydrogen-bond donors (Lipinski definition) is 2. The number of rotatable bonds is 4. The second-order valence-electron chi connectivity index (χ2n) is 3.98. The first kappa shape index (κ1) is 13.8. The smallest absolute Gasteiger partial charge is 0.256 e. The Morgan fingerprint density at radius 1 is 1.58 bits per heavy atom. The van der Waals surface area contributed by atoms with Crippen molar-refractivity contribution < 1.29 is 4.79 Å². The molecule has 0 spiro atoms. The van der Waals surface area contributed by atoms with Gasteiger partial charge in [-0.05, 0) is 18.2 Å². The van der Waals surface area contributed by atoms with Crippen molar-refractivity contribution in [2.24, 2.45) is 5.84 Å². The van der Waals surface area contributed by atoms with Crippen molar-refractivity contribution in [3.05, 3.63) is 45.4 Å². The summed E-state index contributed by atoms with van der Waals surface area (Å²) in [7, 11) is 1.71. The molecule has 0 saturated carbocycles. The lowest BCUT2D eigenvalue weighted by Crippen LogP contribution is -2.27. The van der Waals surface area contributed by atoms with Gasteiger partial charge in [-0.2, -0.15) is 0 Å². The van der Waals surface area contributed by atoms with E-state index < -0.39 is 0 Å². The highest BCUT2D eigenvalue weighted by molar-refractivity contribution is 7.07. The predicted molar refractivity (Wildman–Crippen MR) is 77.2 cm³/mol. The molecule has 1 aromatic heterocycles. The van der Waals surface area contributed by atoms with Gasteiger partial charge in [0.1, 0.15) is 0 Å². The van der Waals surface area contributed by atoms with E-state index >= 15 is 0 Å². The quantitative estimate of drug-likeness (QED) is 0.671. The summed E-state index contributed by atoms with van der Waals surface area (Å²) in [5, 5.41) is 2.40. The Bertz CT molecular complexity index is 573. The maximum absolute atomic E-state index is 12.4. The molecular formula is C12H13ClN4OS. The fourth-order valence-electron chi connectivity index (χ4n) is 1.66. The van der Waals surface area contributed by atoms with Crippen molar-refractivity contribution in [3.8, 4) is 0 Å². The van der Waals surface area contributed by atoms with Crippen LogP contribution in [0.2, 0.25) is 5.02 Å². The normalized spacial score (nSPS) is 10.3. The van der Waals surface area contributed by atoms with Crippen LogP contribution >= 0.6 is 22.9 Å². The molecule has 5 nitrogen and oxygen atoms in total. The zero-order valence-electron chi connectivity index (χ0n) is 10.3. The van der Waals surface area contributed by atoms with Gasteiger partial charge in [-0.15, -0.1) is 11.3 Å². The molecule has 100 valence electrons. The minimum Gasteiger partial charge on any atom is -0.336 e. The largest absolute Gasteiger partial charge is 0.336 e. The summed E-state index contributed by atoms with van der Waals surface area (Å²) in [5.74, 6) is 5.24. The third kappa shape index (κ3) is 3.23. The average molecular weight is 297 g/mol. The van der Waals surface area contributed by atoms with E-state index in [-0.39, 0.29) is 5.91 Å². The number of thiazole rings is 1. The fourth-order valence-corrected chi connectivity index (χ4v) is 2.38. The molecule has 0 aliphatic heterocycles. The zero-order valence-corrected chi connectivity index (χ0v) is 11.8. The van der Waals surface area contributed by atoms with Crippen LogP contribution in [-0.2, 0) is 6.54 Å². The lowest BCUT2D eigenvalue weighted by Gasteiger charge is -2.18. The number of carbonyl (C=O) groups excluding carboxylic acids is 1. The predicted octanol–water partition coefficient (Wildman–Crippen LogP) is 2.35. The van der Waals surface area contributed by atoms with Crippen LogP contribution in [0.3, 0.4) is 0 Å². The lowest BCUT2D eigenvalue weighted by atomic mass is 10.1. The van der Waals surface area contributed by atoms with Gasteiger partial charge >= 0.3 is 0 Å². The van der Waals surface area contributed by atoms with Gasteiger partial charge in [0.05, 0.1) is 29.0 Å². The molecule has 1 amide bonds. The number of amides is 1. The Balaban J connectivity index is 2.21. The van der Waals surface area contributed by atoms with Crippen LogP contribution in [0.25, 0.3) is 0 Å². The molecule has 0 radical (unpaired) electrons. The third-order valence-corrected chi connectivity index (χ3v) is 3.47. The highest BCUT2D eigenvalue weighted by Gasteiger charge is 2.16. The number of aromatic nitrogens is 1. The number of carbonyl (C=O) groups is 1. The van der Waals surface area contributed by atoms with E-state index in [1.54, 1.807) is 35.7 Å². The Kier molecular flexibility index (Phi) is 4.36. The molecule has 0 fully saturated rings. The number of nitrogens with two attached hydrogens (primary N) is 1. The van der Waals surface area contributed by atoms with Gasteiger partial charge in [-0.1, -0.05) is 11.6 Å². The van der Waals surface area contributed by atoms with E-state index in [0.717, 1.165) is 5.69 Å². The maximum atomic E-state index is 12.4. The van der Waals surface area contributed by atoms with Gasteiger partial charge in [-0.3, -0.25) is 10.6 Å². The molecule has 1 aromatic carbocycles. The first-order chi connectivity index (χ1) is 9.11. The molecule has 0 bridgehead atoms. The standard InChI is InChI=1S/C12H13ClN4OS/c1-17(5-9-6-19-7-15-9)12(18)10-4-8(13)2-3-11(10)16-14/h2-4,6-7,16H,5,14H2,1H3. The van der Waals surface area contributed by atoms with Crippen molar-refractivity contribution >= 4 is 34.5 Å². The third-order valence-electron chi connectivity index (χ3n) is 2.60. The molecule has 0 aliphatic rings. The van der Waals surface area contributed by atoms with Crippen molar-refractivity contribution in [2.45, 2.75) is 6.54 Å². The summed E-state index contributed by atoms with van der Waals surface area (Å²) >= 11 is 7.41. The van der Waals surface area contributed by atoms with Crippen LogP contribution in [0.15, 0.2) is 29.1 Å². The monoisotopic (exact) mass is 296 g/mol. The molecule has 2 rings (SSSR count). The number of hydrogen-bond acceptors (Lipinski definition) is 5. The minimum atomic E-state index is -0.163. The molecule has 0 saturated heterocycles. The topological polar surface area (TPSA) is 71.2 Å². The highest BCUT2D eigenvalue weighted by atomic mass is 35.5. The van der Waals surface area contributed by atoms with E-state index in [2.05, 4.69) is 10.4 Å². The van der Waals surface area contributed by atoms with Crippen molar-refractivity contribution in [3.63, 3.8) is 0 Å². The summed E-state index contributed by atoms with van der Waals surface area (Å²) in [6.45, 7) is 0.443. The van der Waals surface area contributed by atoms with Gasteiger partial charge < -0.3 is 10.3 Å². The summed E-state index contributed by atoms with van der Waals surface area (Å²) in [4.78, 5) is 18.1. The van der Waals surface area contributed by atoms with Gasteiger partial charge in [0, 0.05) is 17.5 Å². The zero-order chi connectivity index (χ0) is 13.8. The fraction of sp³-hybridized carbons (Fsp3) is 0.167. The van der Waals surface area contributed by atoms with Crippen LogP contribution in [0.4, 0.5) is 5.69 Å². The number of benzene rings is 1. The van der Waals surface area contributed by atoms with E-state index in [4.69, 9.17) is 17.4 Å². The summed E-state index contributed by atoms with van der Waals surface area (Å²) in [6.07, 6.45) is 0. The Morgan fingerprint density at radius 2 is 2.37 bits per heavy atom. The van der Waals surface area contributed by atoms with E-state index in [1.165, 1.54) is 11.3 Å². The molecule has 0 aliphatic carbocycles. The van der Waals surface area contributed by atoms with Gasteiger partial charge in [-0.25, -0.2) is 4.98 Å². The van der Waals surface area contributed by atoms with Gasteiger partial charge in [0.15, 0.2) is 0 Å². The highest BCUT2D eigenvalue weighted by Crippen LogP contribution is 2.21. The molecule has 2 aromatic rings. The minimum absolute atomic E-state index is 0.163. The second-order valence-corrected chi connectivity index (χ2v) is 5.13. The SMILES string of the molecule is CN(Cc1cscn1)C(=O)c1cc(Cl)ccc1NN. The number of nitrogen functional groups attached to an aromatic ring is 1. The number of anilines is 1. The van der Waals surface area contributed by atoms with Crippen LogP contribution in [0.1, 0.15) is 16.1 Å². The van der Waals surface area contributed by atoms with Gasteiger partial charge in [0.2, 0.25) is 0 Å². The molecule has 3 N–H and O–H groups in total. The first-order valence-electron chi connectivity index (χ1n) is 5.50. The van der Waals surface area contributed by atoms with Crippen LogP contribution in [-0.4, -0.2) is 22.8 Å². The van der Waals surface area contributed by atoms with E-state index in [0.29, 0.717) is 22.8 Å². The van der Waals surface area contributed by atoms with Crippen molar-refractivity contribution in [1.29, 1.82) is 0 Å². The Labute approximate surface area is 120 Å². The number of nitrogens with zero attached hydrogens (tertiary/aromatic N) is 2. The molecule has 0 atom stereocenters. The molecule has 7 heteroatoms. The van der Waals surface area contributed by atoms with E-state index in [9.17, 15) is 4.79 Å². The molecule has 1 heterocycles.